The van der Waals surface area contributed by atoms with Gasteiger partial charge in [-0.05, 0) is 49.2 Å². The number of aromatic hydroxyl groups is 1. The van der Waals surface area contributed by atoms with E-state index in [-0.39, 0.29) is 16.7 Å². The standard InChI is InChI=1S/C17H19ClN2O3/c18-15-8-13(3-4-16(15)21)17(22)19-9-12-5-6-20(10-12)11-14-2-1-7-23-14/h1-4,7-8,12,21H,5-6,9-11H2,(H,19,22)/t12-/m0/s1. The van der Waals surface area contributed by atoms with E-state index in [2.05, 4.69) is 10.2 Å². The lowest BCUT2D eigenvalue weighted by molar-refractivity contribution is 0.0947. The molecule has 2 aromatic rings. The van der Waals surface area contributed by atoms with Gasteiger partial charge < -0.3 is 14.8 Å². The van der Waals surface area contributed by atoms with Gasteiger partial charge in [-0.2, -0.15) is 0 Å². The number of furan rings is 1. The average Bonchev–Trinajstić information content (AvgIpc) is 3.20. The van der Waals surface area contributed by atoms with E-state index in [1.165, 1.54) is 12.1 Å². The largest absolute Gasteiger partial charge is 0.506 e. The van der Waals surface area contributed by atoms with E-state index in [4.69, 9.17) is 16.0 Å². The monoisotopic (exact) mass is 334 g/mol. The van der Waals surface area contributed by atoms with Gasteiger partial charge >= 0.3 is 0 Å². The molecule has 1 aromatic carbocycles. The summed E-state index contributed by atoms with van der Waals surface area (Å²) in [7, 11) is 0. The highest BCUT2D eigenvalue weighted by molar-refractivity contribution is 6.32. The Labute approximate surface area is 139 Å². The van der Waals surface area contributed by atoms with Crippen LogP contribution in [-0.4, -0.2) is 35.5 Å². The maximum atomic E-state index is 12.1. The van der Waals surface area contributed by atoms with Crippen molar-refractivity contribution in [1.82, 2.24) is 10.2 Å². The second kappa shape index (κ2) is 7.06. The third-order valence-electron chi connectivity index (χ3n) is 4.09. The van der Waals surface area contributed by atoms with Crippen LogP contribution in [0.2, 0.25) is 5.02 Å². The molecule has 0 aliphatic carbocycles. The van der Waals surface area contributed by atoms with Crippen LogP contribution in [0.3, 0.4) is 0 Å². The van der Waals surface area contributed by atoms with Crippen molar-refractivity contribution in [3.8, 4) is 5.75 Å². The number of halogens is 1. The van der Waals surface area contributed by atoms with Gasteiger partial charge in [0.25, 0.3) is 5.91 Å². The van der Waals surface area contributed by atoms with Crippen molar-refractivity contribution >= 4 is 17.5 Å². The summed E-state index contributed by atoms with van der Waals surface area (Å²) in [6, 6.07) is 8.34. The highest BCUT2D eigenvalue weighted by Gasteiger charge is 2.23. The van der Waals surface area contributed by atoms with Crippen molar-refractivity contribution in [3.63, 3.8) is 0 Å². The fourth-order valence-electron chi connectivity index (χ4n) is 2.83. The predicted molar refractivity (Wildman–Crippen MR) is 87.5 cm³/mol. The van der Waals surface area contributed by atoms with Gasteiger partial charge in [-0.3, -0.25) is 9.69 Å². The Bertz CT molecular complexity index is 672. The van der Waals surface area contributed by atoms with E-state index in [1.54, 1.807) is 12.3 Å². The molecule has 1 fully saturated rings. The number of phenolic OH excluding ortho intramolecular Hbond substituents is 1. The van der Waals surface area contributed by atoms with Gasteiger partial charge in [0.15, 0.2) is 0 Å². The smallest absolute Gasteiger partial charge is 0.251 e. The Morgan fingerprint density at radius 1 is 1.43 bits per heavy atom. The number of nitrogens with zero attached hydrogens (tertiary/aromatic N) is 1. The molecule has 0 spiro atoms. The Morgan fingerprint density at radius 2 is 2.30 bits per heavy atom. The molecule has 5 nitrogen and oxygen atoms in total. The van der Waals surface area contributed by atoms with Crippen LogP contribution in [0, 0.1) is 5.92 Å². The fraction of sp³-hybridized carbons (Fsp3) is 0.353. The van der Waals surface area contributed by atoms with Crippen LogP contribution in [0.4, 0.5) is 0 Å². The molecule has 0 unspecified atom stereocenters. The first kappa shape index (κ1) is 15.9. The molecule has 0 radical (unpaired) electrons. The molecule has 2 N–H and O–H groups in total. The summed E-state index contributed by atoms with van der Waals surface area (Å²) >= 11 is 5.83. The molecule has 1 aliphatic rings. The van der Waals surface area contributed by atoms with Crippen LogP contribution in [0.25, 0.3) is 0 Å². The molecule has 1 atom stereocenters. The van der Waals surface area contributed by atoms with Crippen LogP contribution >= 0.6 is 11.6 Å². The molecule has 1 amide bonds. The summed E-state index contributed by atoms with van der Waals surface area (Å²) in [6.07, 6.45) is 2.74. The van der Waals surface area contributed by atoms with Crippen LogP contribution in [0.1, 0.15) is 22.5 Å². The molecule has 0 saturated carbocycles. The number of likely N-dealkylation sites (tertiary alicyclic amines) is 1. The van der Waals surface area contributed by atoms with E-state index in [1.807, 2.05) is 12.1 Å². The van der Waals surface area contributed by atoms with Crippen molar-refractivity contribution in [2.24, 2.45) is 5.92 Å². The number of phenols is 1. The zero-order chi connectivity index (χ0) is 16.2. The van der Waals surface area contributed by atoms with Gasteiger partial charge in [0.05, 0.1) is 17.8 Å². The summed E-state index contributed by atoms with van der Waals surface area (Å²) in [5, 5.41) is 12.5. The molecule has 0 bridgehead atoms. The van der Waals surface area contributed by atoms with Gasteiger partial charge in [0, 0.05) is 18.7 Å². The van der Waals surface area contributed by atoms with Gasteiger partial charge in [0.2, 0.25) is 0 Å². The number of carbonyl (C=O) groups is 1. The minimum absolute atomic E-state index is 0.0208. The Balaban J connectivity index is 1.47. The van der Waals surface area contributed by atoms with Crippen molar-refractivity contribution < 1.29 is 14.3 Å². The van der Waals surface area contributed by atoms with E-state index in [9.17, 15) is 9.90 Å². The number of nitrogens with one attached hydrogen (secondary N) is 1. The van der Waals surface area contributed by atoms with Crippen molar-refractivity contribution in [2.75, 3.05) is 19.6 Å². The molecule has 1 aliphatic heterocycles. The zero-order valence-electron chi connectivity index (χ0n) is 12.7. The van der Waals surface area contributed by atoms with Crippen molar-refractivity contribution in [1.29, 1.82) is 0 Å². The molecule has 1 aromatic heterocycles. The van der Waals surface area contributed by atoms with E-state index in [0.29, 0.717) is 18.0 Å². The normalized spacial score (nSPS) is 18.2. The Morgan fingerprint density at radius 3 is 3.04 bits per heavy atom. The maximum Gasteiger partial charge on any atom is 0.251 e. The quantitative estimate of drug-likeness (QED) is 0.882. The number of amides is 1. The fourth-order valence-corrected chi connectivity index (χ4v) is 3.01. The summed E-state index contributed by atoms with van der Waals surface area (Å²) in [5.74, 6) is 1.21. The van der Waals surface area contributed by atoms with Gasteiger partial charge in [-0.1, -0.05) is 11.6 Å². The topological polar surface area (TPSA) is 65.7 Å². The van der Waals surface area contributed by atoms with Crippen LogP contribution in [-0.2, 0) is 6.54 Å². The first-order valence-electron chi connectivity index (χ1n) is 7.63. The van der Waals surface area contributed by atoms with Gasteiger partial charge in [0.1, 0.15) is 11.5 Å². The van der Waals surface area contributed by atoms with Gasteiger partial charge in [-0.25, -0.2) is 0 Å². The third-order valence-corrected chi connectivity index (χ3v) is 4.39. The number of carbonyl (C=O) groups excluding carboxylic acids is 1. The highest BCUT2D eigenvalue weighted by atomic mass is 35.5. The SMILES string of the molecule is O=C(NC[C@@H]1CCN(Cc2ccco2)C1)c1ccc(O)c(Cl)c1. The molecular weight excluding hydrogens is 316 g/mol. The maximum absolute atomic E-state index is 12.1. The predicted octanol–water partition coefficient (Wildman–Crippen LogP) is 2.89. The second-order valence-corrected chi connectivity index (χ2v) is 6.25. The van der Waals surface area contributed by atoms with E-state index in [0.717, 1.165) is 31.8 Å². The van der Waals surface area contributed by atoms with Crippen LogP contribution in [0.15, 0.2) is 41.0 Å². The first-order chi connectivity index (χ1) is 11.1. The average molecular weight is 335 g/mol. The van der Waals surface area contributed by atoms with Crippen LogP contribution < -0.4 is 5.32 Å². The number of rotatable bonds is 5. The second-order valence-electron chi connectivity index (χ2n) is 5.85. The lowest BCUT2D eigenvalue weighted by Gasteiger charge is -2.15. The van der Waals surface area contributed by atoms with E-state index < -0.39 is 0 Å². The number of hydrogen-bond donors (Lipinski definition) is 2. The Hall–Kier alpha value is -1.98. The minimum atomic E-state index is -0.170. The minimum Gasteiger partial charge on any atom is -0.506 e. The first-order valence-corrected chi connectivity index (χ1v) is 8.01. The van der Waals surface area contributed by atoms with Crippen molar-refractivity contribution in [2.45, 2.75) is 13.0 Å². The van der Waals surface area contributed by atoms with Crippen LogP contribution in [0.5, 0.6) is 5.75 Å². The molecule has 1 saturated heterocycles. The number of hydrogen-bond acceptors (Lipinski definition) is 4. The summed E-state index contributed by atoms with van der Waals surface area (Å²) in [4.78, 5) is 14.4. The highest BCUT2D eigenvalue weighted by Crippen LogP contribution is 2.24. The van der Waals surface area contributed by atoms with E-state index >= 15 is 0 Å². The lowest BCUT2D eigenvalue weighted by atomic mass is 10.1. The molecule has 3 rings (SSSR count). The summed E-state index contributed by atoms with van der Waals surface area (Å²) < 4.78 is 5.36. The van der Waals surface area contributed by atoms with Crippen molar-refractivity contribution in [3.05, 3.63) is 52.9 Å². The van der Waals surface area contributed by atoms with Gasteiger partial charge in [-0.15, -0.1) is 0 Å². The molecule has 6 heteroatoms. The summed E-state index contributed by atoms with van der Waals surface area (Å²) in [5.41, 5.74) is 0.457. The Kier molecular flexibility index (Phi) is 4.88. The lowest BCUT2D eigenvalue weighted by Crippen LogP contribution is -2.30. The summed E-state index contributed by atoms with van der Waals surface area (Å²) in [6.45, 7) is 3.39. The molecule has 122 valence electrons. The molecule has 2 heterocycles. The zero-order valence-corrected chi connectivity index (χ0v) is 13.4. The number of benzene rings is 1. The third kappa shape index (κ3) is 4.06. The molecule has 23 heavy (non-hydrogen) atoms. The molecular formula is C17H19ClN2O3.